The summed E-state index contributed by atoms with van der Waals surface area (Å²) in [5.41, 5.74) is 2.27. The van der Waals surface area contributed by atoms with E-state index in [0.29, 0.717) is 38.4 Å². The molecule has 0 aliphatic carbocycles. The van der Waals surface area contributed by atoms with Crippen LogP contribution in [-0.2, 0) is 26.0 Å². The number of hydrogen-bond acceptors (Lipinski definition) is 7. The van der Waals surface area contributed by atoms with Gasteiger partial charge in [0.25, 0.3) is 0 Å². The molecule has 31 heavy (non-hydrogen) atoms. The second-order valence-electron chi connectivity index (χ2n) is 7.01. The molecule has 0 unspecified atom stereocenters. The number of anilines is 1. The first-order valence-electron chi connectivity index (χ1n) is 9.82. The Balaban J connectivity index is 1.33. The fourth-order valence-electron chi connectivity index (χ4n) is 3.25. The Morgan fingerprint density at radius 3 is 2.58 bits per heavy atom. The zero-order valence-corrected chi connectivity index (χ0v) is 17.5. The Labute approximate surface area is 179 Å². The van der Waals surface area contributed by atoms with Crippen molar-refractivity contribution in [2.75, 3.05) is 31.6 Å². The summed E-state index contributed by atoms with van der Waals surface area (Å²) in [5.74, 6) is -0.140. The molecule has 0 radical (unpaired) electrons. The van der Waals surface area contributed by atoms with Gasteiger partial charge in [0.05, 0.1) is 23.8 Å². The van der Waals surface area contributed by atoms with Gasteiger partial charge in [0.15, 0.2) is 0 Å². The van der Waals surface area contributed by atoms with Crippen LogP contribution >= 0.6 is 0 Å². The minimum atomic E-state index is -3.52. The molecule has 1 aliphatic heterocycles. The summed E-state index contributed by atoms with van der Waals surface area (Å²) in [5, 5.41) is 13.9. The molecule has 3 aromatic rings. The third-order valence-electron chi connectivity index (χ3n) is 4.92. The molecule has 10 nitrogen and oxygen atoms in total. The third-order valence-corrected chi connectivity index (χ3v) is 6.83. The van der Waals surface area contributed by atoms with Gasteiger partial charge in [0.1, 0.15) is 6.33 Å². The van der Waals surface area contributed by atoms with E-state index in [1.165, 1.54) is 15.3 Å². The van der Waals surface area contributed by atoms with E-state index in [-0.39, 0.29) is 17.2 Å². The molecule has 1 aliphatic rings. The van der Waals surface area contributed by atoms with Crippen LogP contribution in [-0.4, -0.2) is 65.1 Å². The van der Waals surface area contributed by atoms with Crippen LogP contribution < -0.4 is 5.32 Å². The SMILES string of the molecule is O=C(CCc1ccc(S(=O)(=O)N2CCOCC2)cc1)Nc1cccc(-n2cnnn2)c1. The first-order chi connectivity index (χ1) is 15.0. The van der Waals surface area contributed by atoms with Gasteiger partial charge in [-0.3, -0.25) is 4.79 Å². The number of tetrazole rings is 1. The Hall–Kier alpha value is -3.15. The number of aromatic nitrogens is 4. The molecule has 0 saturated carbocycles. The number of amides is 1. The van der Waals surface area contributed by atoms with E-state index in [1.54, 1.807) is 42.5 Å². The van der Waals surface area contributed by atoms with Gasteiger partial charge >= 0.3 is 0 Å². The number of hydrogen-bond donors (Lipinski definition) is 1. The van der Waals surface area contributed by atoms with Crippen LogP contribution in [0.5, 0.6) is 0 Å². The van der Waals surface area contributed by atoms with Crippen molar-refractivity contribution >= 4 is 21.6 Å². The summed E-state index contributed by atoms with van der Waals surface area (Å²) in [4.78, 5) is 12.6. The van der Waals surface area contributed by atoms with Crippen LogP contribution in [0.3, 0.4) is 0 Å². The van der Waals surface area contributed by atoms with Crippen molar-refractivity contribution in [3.63, 3.8) is 0 Å². The van der Waals surface area contributed by atoms with E-state index < -0.39 is 10.0 Å². The van der Waals surface area contributed by atoms with E-state index in [1.807, 2.05) is 6.07 Å². The van der Waals surface area contributed by atoms with Crippen LogP contribution in [0.2, 0.25) is 0 Å². The van der Waals surface area contributed by atoms with Gasteiger partial charge in [0, 0.05) is 25.2 Å². The average Bonchev–Trinajstić information content (AvgIpc) is 3.34. The number of aryl methyl sites for hydroxylation is 1. The van der Waals surface area contributed by atoms with E-state index in [2.05, 4.69) is 20.8 Å². The second-order valence-corrected chi connectivity index (χ2v) is 8.95. The minimum absolute atomic E-state index is 0.140. The number of rotatable bonds is 7. The number of carbonyl (C=O) groups excluding carboxylic acids is 1. The number of nitrogens with zero attached hydrogens (tertiary/aromatic N) is 5. The minimum Gasteiger partial charge on any atom is -0.379 e. The number of nitrogens with one attached hydrogen (secondary N) is 1. The zero-order valence-electron chi connectivity index (χ0n) is 16.7. The quantitative estimate of drug-likeness (QED) is 0.585. The molecule has 0 bridgehead atoms. The fourth-order valence-corrected chi connectivity index (χ4v) is 4.66. The summed E-state index contributed by atoms with van der Waals surface area (Å²) in [6.45, 7) is 1.54. The van der Waals surface area contributed by atoms with Gasteiger partial charge in [-0.15, -0.1) is 5.10 Å². The van der Waals surface area contributed by atoms with Gasteiger partial charge in [-0.2, -0.15) is 4.31 Å². The molecule has 1 aromatic heterocycles. The van der Waals surface area contributed by atoms with Crippen molar-refractivity contribution in [3.05, 3.63) is 60.4 Å². The first kappa shape index (κ1) is 21.1. The van der Waals surface area contributed by atoms with E-state index in [0.717, 1.165) is 11.3 Å². The number of ether oxygens (including phenoxy) is 1. The molecule has 4 rings (SSSR count). The first-order valence-corrected chi connectivity index (χ1v) is 11.3. The molecule has 1 N–H and O–H groups in total. The van der Waals surface area contributed by atoms with Crippen LogP contribution in [0.25, 0.3) is 5.69 Å². The number of benzene rings is 2. The molecule has 1 fully saturated rings. The Kier molecular flexibility index (Phi) is 6.35. The Morgan fingerprint density at radius 2 is 1.87 bits per heavy atom. The molecule has 2 heterocycles. The van der Waals surface area contributed by atoms with E-state index in [4.69, 9.17) is 4.74 Å². The number of sulfonamides is 1. The standard InChI is InChI=1S/C20H22N6O4S/c27-20(22-17-2-1-3-18(14-17)26-15-21-23-24-26)9-6-16-4-7-19(8-5-16)31(28,29)25-10-12-30-13-11-25/h1-5,7-8,14-15H,6,9-13H2,(H,22,27). The van der Waals surface area contributed by atoms with Crippen LogP contribution in [0.1, 0.15) is 12.0 Å². The molecule has 11 heteroatoms. The summed E-state index contributed by atoms with van der Waals surface area (Å²) in [6, 6.07) is 13.9. The molecule has 1 amide bonds. The van der Waals surface area contributed by atoms with Gasteiger partial charge in [-0.25, -0.2) is 13.1 Å². The highest BCUT2D eigenvalue weighted by Crippen LogP contribution is 2.19. The summed E-state index contributed by atoms with van der Waals surface area (Å²) in [6.07, 6.45) is 2.24. The van der Waals surface area contributed by atoms with Crippen LogP contribution in [0, 0.1) is 0 Å². The average molecular weight is 443 g/mol. The molecule has 0 spiro atoms. The number of carbonyl (C=O) groups is 1. The highest BCUT2D eigenvalue weighted by molar-refractivity contribution is 7.89. The summed E-state index contributed by atoms with van der Waals surface area (Å²) < 4.78 is 33.5. The monoisotopic (exact) mass is 442 g/mol. The Morgan fingerprint density at radius 1 is 1.10 bits per heavy atom. The van der Waals surface area contributed by atoms with E-state index in [9.17, 15) is 13.2 Å². The van der Waals surface area contributed by atoms with Crippen LogP contribution in [0.4, 0.5) is 5.69 Å². The maximum atomic E-state index is 12.7. The highest BCUT2D eigenvalue weighted by atomic mass is 32.2. The largest absolute Gasteiger partial charge is 0.379 e. The van der Waals surface area contributed by atoms with Gasteiger partial charge in [-0.05, 0) is 52.7 Å². The van der Waals surface area contributed by atoms with Crippen molar-refractivity contribution in [3.8, 4) is 5.69 Å². The topological polar surface area (TPSA) is 119 Å². The van der Waals surface area contributed by atoms with Crippen molar-refractivity contribution in [1.82, 2.24) is 24.5 Å². The van der Waals surface area contributed by atoms with Crippen molar-refractivity contribution in [2.45, 2.75) is 17.7 Å². The Bertz CT molecular complexity index is 1130. The zero-order chi connectivity index (χ0) is 21.7. The molecular weight excluding hydrogens is 420 g/mol. The summed E-state index contributed by atoms with van der Waals surface area (Å²) >= 11 is 0. The molecule has 2 aromatic carbocycles. The molecule has 0 atom stereocenters. The normalized spacial score (nSPS) is 15.0. The van der Waals surface area contributed by atoms with Crippen molar-refractivity contribution < 1.29 is 17.9 Å². The van der Waals surface area contributed by atoms with E-state index >= 15 is 0 Å². The van der Waals surface area contributed by atoms with Crippen molar-refractivity contribution in [1.29, 1.82) is 0 Å². The van der Waals surface area contributed by atoms with Gasteiger partial charge < -0.3 is 10.1 Å². The lowest BCUT2D eigenvalue weighted by Crippen LogP contribution is -2.40. The number of morpholine rings is 1. The predicted octanol–water partition coefficient (Wildman–Crippen LogP) is 1.25. The highest BCUT2D eigenvalue weighted by Gasteiger charge is 2.26. The predicted molar refractivity (Wildman–Crippen MR) is 112 cm³/mol. The van der Waals surface area contributed by atoms with Gasteiger partial charge in [-0.1, -0.05) is 18.2 Å². The van der Waals surface area contributed by atoms with Crippen molar-refractivity contribution in [2.24, 2.45) is 0 Å². The lowest BCUT2D eigenvalue weighted by atomic mass is 10.1. The molecular formula is C20H22N6O4S. The smallest absolute Gasteiger partial charge is 0.243 e. The molecule has 1 saturated heterocycles. The summed E-state index contributed by atoms with van der Waals surface area (Å²) in [7, 11) is -3.52. The maximum absolute atomic E-state index is 12.7. The van der Waals surface area contributed by atoms with Gasteiger partial charge in [0.2, 0.25) is 15.9 Å². The maximum Gasteiger partial charge on any atom is 0.243 e. The molecule has 162 valence electrons. The third kappa shape index (κ3) is 5.13. The lowest BCUT2D eigenvalue weighted by molar-refractivity contribution is -0.116. The van der Waals surface area contributed by atoms with Crippen LogP contribution in [0.15, 0.2) is 59.8 Å². The lowest BCUT2D eigenvalue weighted by Gasteiger charge is -2.26. The fraction of sp³-hybridized carbons (Fsp3) is 0.300. The second kappa shape index (κ2) is 9.33.